The molecule has 0 spiro atoms. The fourth-order valence-corrected chi connectivity index (χ4v) is 1.59. The smallest absolute Gasteiger partial charge is 0.139 e. The maximum absolute atomic E-state index is 13.1. The van der Waals surface area contributed by atoms with Crippen LogP contribution in [0.5, 0.6) is 0 Å². The van der Waals surface area contributed by atoms with Crippen molar-refractivity contribution in [2.75, 3.05) is 12.9 Å². The Morgan fingerprint density at radius 1 is 1.31 bits per heavy atom. The Kier molecular flexibility index (Phi) is 3.69. The lowest BCUT2D eigenvalue weighted by atomic mass is 10.1. The molecule has 1 nitrogen and oxygen atoms in total. The molecule has 1 aromatic carbocycles. The molecule has 0 fully saturated rings. The SMILES string of the molecule is CSc1c(F)cc(CCO)cc1F. The molecule has 0 aliphatic heterocycles. The largest absolute Gasteiger partial charge is 0.396 e. The molecule has 1 rings (SSSR count). The Morgan fingerprint density at radius 3 is 2.23 bits per heavy atom. The summed E-state index contributed by atoms with van der Waals surface area (Å²) in [6.45, 7) is -0.0997. The van der Waals surface area contributed by atoms with E-state index in [9.17, 15) is 8.78 Å². The summed E-state index contributed by atoms with van der Waals surface area (Å²) in [5, 5.41) is 8.58. The van der Waals surface area contributed by atoms with Crippen LogP contribution in [0.25, 0.3) is 0 Å². The first-order valence-electron chi connectivity index (χ1n) is 3.81. The summed E-state index contributed by atoms with van der Waals surface area (Å²) in [7, 11) is 0. The molecular formula is C9H10F2OS. The van der Waals surface area contributed by atoms with E-state index >= 15 is 0 Å². The molecule has 0 saturated carbocycles. The van der Waals surface area contributed by atoms with Crippen LogP contribution in [0.2, 0.25) is 0 Å². The first-order valence-corrected chi connectivity index (χ1v) is 5.04. The molecule has 0 unspecified atom stereocenters. The van der Waals surface area contributed by atoms with E-state index in [1.165, 1.54) is 12.1 Å². The van der Waals surface area contributed by atoms with Crippen molar-refractivity contribution in [1.29, 1.82) is 0 Å². The predicted molar refractivity (Wildman–Crippen MR) is 48.9 cm³/mol. The fraction of sp³-hybridized carbons (Fsp3) is 0.333. The standard InChI is InChI=1S/C9H10F2OS/c1-13-9-7(10)4-6(2-3-12)5-8(9)11/h4-5,12H,2-3H2,1H3. The first-order chi connectivity index (χ1) is 6.19. The molecule has 13 heavy (non-hydrogen) atoms. The van der Waals surface area contributed by atoms with Crippen molar-refractivity contribution < 1.29 is 13.9 Å². The van der Waals surface area contributed by atoms with E-state index < -0.39 is 11.6 Å². The molecule has 0 aromatic heterocycles. The van der Waals surface area contributed by atoms with Gasteiger partial charge in [0.15, 0.2) is 0 Å². The topological polar surface area (TPSA) is 20.2 Å². The summed E-state index contributed by atoms with van der Waals surface area (Å²) in [4.78, 5) is 0.0293. The summed E-state index contributed by atoms with van der Waals surface area (Å²) in [6.07, 6.45) is 1.90. The van der Waals surface area contributed by atoms with Gasteiger partial charge < -0.3 is 5.11 Å². The van der Waals surface area contributed by atoms with E-state index in [1.54, 1.807) is 6.26 Å². The molecule has 0 bridgehead atoms. The average molecular weight is 204 g/mol. The molecule has 0 radical (unpaired) electrons. The van der Waals surface area contributed by atoms with Crippen LogP contribution in [0.3, 0.4) is 0 Å². The zero-order valence-corrected chi connectivity index (χ0v) is 8.00. The number of halogens is 2. The minimum atomic E-state index is -0.559. The van der Waals surface area contributed by atoms with Crippen molar-refractivity contribution in [3.05, 3.63) is 29.3 Å². The van der Waals surface area contributed by atoms with Gasteiger partial charge in [-0.05, 0) is 30.4 Å². The van der Waals surface area contributed by atoms with Crippen molar-refractivity contribution in [2.24, 2.45) is 0 Å². The second-order valence-electron chi connectivity index (χ2n) is 2.57. The Labute approximate surface area is 79.8 Å². The van der Waals surface area contributed by atoms with E-state index in [0.717, 1.165) is 11.8 Å². The van der Waals surface area contributed by atoms with E-state index in [2.05, 4.69) is 0 Å². The number of hydrogen-bond donors (Lipinski definition) is 1. The number of benzene rings is 1. The van der Waals surface area contributed by atoms with Gasteiger partial charge in [0.25, 0.3) is 0 Å². The molecule has 0 atom stereocenters. The maximum atomic E-state index is 13.1. The number of rotatable bonds is 3. The third-order valence-corrected chi connectivity index (χ3v) is 2.46. The molecule has 0 saturated heterocycles. The number of aliphatic hydroxyl groups excluding tert-OH is 1. The number of hydrogen-bond acceptors (Lipinski definition) is 2. The average Bonchev–Trinajstić information content (AvgIpc) is 2.04. The summed E-state index contributed by atoms with van der Waals surface area (Å²) in [6, 6.07) is 2.51. The lowest BCUT2D eigenvalue weighted by Crippen LogP contribution is -1.95. The highest BCUT2D eigenvalue weighted by Gasteiger charge is 2.09. The van der Waals surface area contributed by atoms with Gasteiger partial charge in [0.05, 0.1) is 4.90 Å². The van der Waals surface area contributed by atoms with Gasteiger partial charge in [0.2, 0.25) is 0 Å². The summed E-state index contributed by atoms with van der Waals surface area (Å²) < 4.78 is 26.2. The van der Waals surface area contributed by atoms with Gasteiger partial charge in [-0.25, -0.2) is 8.78 Å². The van der Waals surface area contributed by atoms with E-state index in [4.69, 9.17) is 5.11 Å². The second kappa shape index (κ2) is 4.58. The molecule has 0 amide bonds. The quantitative estimate of drug-likeness (QED) is 0.762. The lowest BCUT2D eigenvalue weighted by molar-refractivity contribution is 0.299. The van der Waals surface area contributed by atoms with Crippen LogP contribution in [-0.4, -0.2) is 18.0 Å². The van der Waals surface area contributed by atoms with Crippen LogP contribution < -0.4 is 0 Å². The van der Waals surface area contributed by atoms with Crippen LogP contribution in [0.1, 0.15) is 5.56 Å². The van der Waals surface area contributed by atoms with Crippen LogP contribution in [-0.2, 0) is 6.42 Å². The summed E-state index contributed by atoms with van der Waals surface area (Å²) in [5.41, 5.74) is 0.482. The Bertz CT molecular complexity index is 279. The van der Waals surface area contributed by atoms with Gasteiger partial charge in [-0.15, -0.1) is 11.8 Å². The Morgan fingerprint density at radius 2 is 1.85 bits per heavy atom. The Hall–Kier alpha value is -0.610. The van der Waals surface area contributed by atoms with Gasteiger partial charge in [-0.2, -0.15) is 0 Å². The van der Waals surface area contributed by atoms with E-state index in [-0.39, 0.29) is 17.9 Å². The Balaban J connectivity index is 3.05. The molecule has 0 aliphatic rings. The second-order valence-corrected chi connectivity index (χ2v) is 3.38. The highest BCUT2D eigenvalue weighted by Crippen LogP contribution is 2.24. The lowest BCUT2D eigenvalue weighted by Gasteiger charge is -2.04. The van der Waals surface area contributed by atoms with Crippen LogP contribution in [0.4, 0.5) is 8.78 Å². The molecule has 72 valence electrons. The molecular weight excluding hydrogens is 194 g/mol. The molecule has 0 aliphatic carbocycles. The maximum Gasteiger partial charge on any atom is 0.139 e. The van der Waals surface area contributed by atoms with Crippen molar-refractivity contribution in [3.8, 4) is 0 Å². The van der Waals surface area contributed by atoms with Crippen LogP contribution >= 0.6 is 11.8 Å². The minimum absolute atomic E-state index is 0.0293. The minimum Gasteiger partial charge on any atom is -0.396 e. The zero-order chi connectivity index (χ0) is 9.84. The molecule has 0 heterocycles. The molecule has 4 heteroatoms. The van der Waals surface area contributed by atoms with Gasteiger partial charge in [-0.1, -0.05) is 0 Å². The summed E-state index contributed by atoms with van der Waals surface area (Å²) in [5.74, 6) is -1.12. The fourth-order valence-electron chi connectivity index (χ4n) is 1.08. The molecule has 1 aromatic rings. The monoisotopic (exact) mass is 204 g/mol. The third kappa shape index (κ3) is 2.42. The van der Waals surface area contributed by atoms with Crippen molar-refractivity contribution in [3.63, 3.8) is 0 Å². The van der Waals surface area contributed by atoms with Gasteiger partial charge in [-0.3, -0.25) is 0 Å². The van der Waals surface area contributed by atoms with Crippen molar-refractivity contribution in [2.45, 2.75) is 11.3 Å². The first kappa shape index (κ1) is 10.5. The van der Waals surface area contributed by atoms with Gasteiger partial charge in [0.1, 0.15) is 11.6 Å². The highest BCUT2D eigenvalue weighted by molar-refractivity contribution is 7.98. The number of aliphatic hydroxyl groups is 1. The summed E-state index contributed by atoms with van der Waals surface area (Å²) >= 11 is 1.04. The zero-order valence-electron chi connectivity index (χ0n) is 7.18. The van der Waals surface area contributed by atoms with Gasteiger partial charge in [0, 0.05) is 6.61 Å². The predicted octanol–water partition coefficient (Wildman–Crippen LogP) is 2.22. The van der Waals surface area contributed by atoms with Crippen LogP contribution in [0, 0.1) is 11.6 Å². The third-order valence-electron chi connectivity index (χ3n) is 1.66. The van der Waals surface area contributed by atoms with E-state index in [0.29, 0.717) is 5.56 Å². The highest BCUT2D eigenvalue weighted by atomic mass is 32.2. The normalized spacial score (nSPS) is 10.5. The number of thioether (sulfide) groups is 1. The van der Waals surface area contributed by atoms with Gasteiger partial charge >= 0.3 is 0 Å². The van der Waals surface area contributed by atoms with Crippen molar-refractivity contribution >= 4 is 11.8 Å². The molecule has 1 N–H and O–H groups in total. The van der Waals surface area contributed by atoms with Crippen molar-refractivity contribution in [1.82, 2.24) is 0 Å². The van der Waals surface area contributed by atoms with Crippen LogP contribution in [0.15, 0.2) is 17.0 Å². The van der Waals surface area contributed by atoms with E-state index in [1.807, 2.05) is 0 Å².